The van der Waals surface area contributed by atoms with Crippen LogP contribution in [0.2, 0.25) is 0 Å². The van der Waals surface area contributed by atoms with Crippen molar-refractivity contribution in [3.63, 3.8) is 0 Å². The Kier molecular flexibility index (Phi) is 3.95. The Hall–Kier alpha value is -2.16. The van der Waals surface area contributed by atoms with Gasteiger partial charge in [-0.15, -0.1) is 0 Å². The zero-order valence-electron chi connectivity index (χ0n) is 11.6. The van der Waals surface area contributed by atoms with Crippen molar-refractivity contribution in [3.8, 4) is 17.2 Å². The van der Waals surface area contributed by atoms with Gasteiger partial charge in [-0.25, -0.2) is 0 Å². The Morgan fingerprint density at radius 3 is 2.26 bits per heavy atom. The molecule has 19 heavy (non-hydrogen) atoms. The Balaban J connectivity index is 2.25. The maximum absolute atomic E-state index is 5.85. The van der Waals surface area contributed by atoms with Crippen LogP contribution in [0.5, 0.6) is 17.2 Å². The number of anilines is 1. The van der Waals surface area contributed by atoms with Crippen LogP contribution in [0.15, 0.2) is 36.4 Å². The van der Waals surface area contributed by atoms with Crippen LogP contribution in [0.3, 0.4) is 0 Å². The molecule has 3 nitrogen and oxygen atoms in total. The maximum Gasteiger partial charge on any atom is 0.145 e. The number of ether oxygens (including phenoxy) is 2. The number of nitrogen functional groups attached to an aromatic ring is 1. The molecule has 0 bridgehead atoms. The van der Waals surface area contributed by atoms with E-state index >= 15 is 0 Å². The van der Waals surface area contributed by atoms with E-state index in [-0.39, 0.29) is 0 Å². The van der Waals surface area contributed by atoms with Crippen molar-refractivity contribution in [1.82, 2.24) is 0 Å². The summed E-state index contributed by atoms with van der Waals surface area (Å²) in [6, 6.07) is 11.6. The van der Waals surface area contributed by atoms with Crippen molar-refractivity contribution < 1.29 is 9.47 Å². The van der Waals surface area contributed by atoms with Gasteiger partial charge in [0.1, 0.15) is 17.2 Å². The van der Waals surface area contributed by atoms with Crippen molar-refractivity contribution >= 4 is 5.69 Å². The largest absolute Gasteiger partial charge is 0.492 e. The lowest BCUT2D eigenvalue weighted by molar-refractivity contribution is 0.340. The number of nitrogens with two attached hydrogens (primary N) is 1. The molecule has 0 atom stereocenters. The fourth-order valence-electron chi connectivity index (χ4n) is 1.99. The minimum atomic E-state index is 0.581. The van der Waals surface area contributed by atoms with E-state index in [1.807, 2.05) is 31.2 Å². The SMILES string of the molecule is CCOc1cc(Oc2cc(C)cc(C)c2)ccc1N. The molecule has 0 saturated carbocycles. The molecular formula is C16H19NO2. The molecule has 0 aliphatic heterocycles. The van der Waals surface area contributed by atoms with E-state index in [1.54, 1.807) is 6.07 Å². The van der Waals surface area contributed by atoms with E-state index in [9.17, 15) is 0 Å². The van der Waals surface area contributed by atoms with Crippen molar-refractivity contribution in [2.75, 3.05) is 12.3 Å². The van der Waals surface area contributed by atoms with Gasteiger partial charge in [0.2, 0.25) is 0 Å². The van der Waals surface area contributed by atoms with Crippen molar-refractivity contribution in [2.24, 2.45) is 0 Å². The highest BCUT2D eigenvalue weighted by atomic mass is 16.5. The summed E-state index contributed by atoms with van der Waals surface area (Å²) in [6.45, 7) is 6.61. The summed E-state index contributed by atoms with van der Waals surface area (Å²) in [4.78, 5) is 0. The average molecular weight is 257 g/mol. The second-order valence-corrected chi connectivity index (χ2v) is 4.56. The van der Waals surface area contributed by atoms with Crippen molar-refractivity contribution in [2.45, 2.75) is 20.8 Å². The Morgan fingerprint density at radius 2 is 1.63 bits per heavy atom. The van der Waals surface area contributed by atoms with E-state index in [1.165, 1.54) is 11.1 Å². The quantitative estimate of drug-likeness (QED) is 0.839. The van der Waals surface area contributed by atoms with Crippen LogP contribution in [0.25, 0.3) is 0 Å². The van der Waals surface area contributed by atoms with Gasteiger partial charge in [-0.2, -0.15) is 0 Å². The lowest BCUT2D eigenvalue weighted by atomic mass is 10.1. The molecule has 2 rings (SSSR count). The van der Waals surface area contributed by atoms with Crippen LogP contribution in [0, 0.1) is 13.8 Å². The van der Waals surface area contributed by atoms with Gasteiger partial charge in [0.15, 0.2) is 0 Å². The van der Waals surface area contributed by atoms with E-state index in [4.69, 9.17) is 15.2 Å². The molecule has 0 aliphatic carbocycles. The van der Waals surface area contributed by atoms with E-state index < -0.39 is 0 Å². The minimum Gasteiger partial charge on any atom is -0.492 e. The third-order valence-electron chi connectivity index (χ3n) is 2.72. The number of benzene rings is 2. The van der Waals surface area contributed by atoms with Gasteiger partial charge in [0, 0.05) is 6.07 Å². The topological polar surface area (TPSA) is 44.5 Å². The molecule has 0 amide bonds. The van der Waals surface area contributed by atoms with Crippen LogP contribution < -0.4 is 15.2 Å². The zero-order chi connectivity index (χ0) is 13.8. The lowest BCUT2D eigenvalue weighted by Crippen LogP contribution is -1.97. The molecule has 0 radical (unpaired) electrons. The van der Waals surface area contributed by atoms with Gasteiger partial charge in [-0.1, -0.05) is 6.07 Å². The second kappa shape index (κ2) is 5.65. The summed E-state index contributed by atoms with van der Waals surface area (Å²) in [5.41, 5.74) is 8.81. The predicted molar refractivity (Wildman–Crippen MR) is 78.0 cm³/mol. The lowest BCUT2D eigenvalue weighted by Gasteiger charge is -2.11. The van der Waals surface area contributed by atoms with Gasteiger partial charge in [-0.05, 0) is 56.2 Å². The Morgan fingerprint density at radius 1 is 0.947 bits per heavy atom. The highest BCUT2D eigenvalue weighted by Crippen LogP contribution is 2.30. The molecule has 0 unspecified atom stereocenters. The monoisotopic (exact) mass is 257 g/mol. The highest BCUT2D eigenvalue weighted by molar-refractivity contribution is 5.56. The molecule has 0 heterocycles. The van der Waals surface area contributed by atoms with Crippen LogP contribution in [0.4, 0.5) is 5.69 Å². The summed E-state index contributed by atoms with van der Waals surface area (Å²) in [7, 11) is 0. The van der Waals surface area contributed by atoms with Crippen molar-refractivity contribution in [3.05, 3.63) is 47.5 Å². The average Bonchev–Trinajstić information content (AvgIpc) is 2.32. The maximum atomic E-state index is 5.85. The molecule has 2 N–H and O–H groups in total. The summed E-state index contributed by atoms with van der Waals surface area (Å²) in [6.07, 6.45) is 0. The van der Waals surface area contributed by atoms with Gasteiger partial charge in [0.05, 0.1) is 12.3 Å². The Labute approximate surface area is 114 Å². The molecular weight excluding hydrogens is 238 g/mol. The smallest absolute Gasteiger partial charge is 0.145 e. The molecule has 3 heteroatoms. The minimum absolute atomic E-state index is 0.581. The number of hydrogen-bond acceptors (Lipinski definition) is 3. The van der Waals surface area contributed by atoms with E-state index in [2.05, 4.69) is 19.9 Å². The molecule has 0 saturated heterocycles. The van der Waals surface area contributed by atoms with Crippen LogP contribution in [0.1, 0.15) is 18.1 Å². The van der Waals surface area contributed by atoms with Gasteiger partial charge in [-0.3, -0.25) is 0 Å². The first kappa shape index (κ1) is 13.3. The summed E-state index contributed by atoms with van der Waals surface area (Å²) < 4.78 is 11.3. The first-order valence-corrected chi connectivity index (χ1v) is 6.37. The van der Waals surface area contributed by atoms with E-state index in [0.29, 0.717) is 18.0 Å². The number of hydrogen-bond donors (Lipinski definition) is 1. The van der Waals surface area contributed by atoms with Crippen molar-refractivity contribution in [1.29, 1.82) is 0 Å². The predicted octanol–water partition coefficient (Wildman–Crippen LogP) is 4.08. The van der Waals surface area contributed by atoms with Crippen LogP contribution >= 0.6 is 0 Å². The molecule has 0 fully saturated rings. The fourth-order valence-corrected chi connectivity index (χ4v) is 1.99. The molecule has 0 spiro atoms. The first-order chi connectivity index (χ1) is 9.08. The summed E-state index contributed by atoms with van der Waals surface area (Å²) >= 11 is 0. The van der Waals surface area contributed by atoms with Gasteiger partial charge in [0.25, 0.3) is 0 Å². The number of rotatable bonds is 4. The molecule has 2 aromatic carbocycles. The third-order valence-corrected chi connectivity index (χ3v) is 2.72. The molecule has 0 aromatic heterocycles. The van der Waals surface area contributed by atoms with Crippen LogP contribution in [-0.4, -0.2) is 6.61 Å². The molecule has 100 valence electrons. The highest BCUT2D eigenvalue weighted by Gasteiger charge is 2.04. The van der Waals surface area contributed by atoms with Crippen LogP contribution in [-0.2, 0) is 0 Å². The number of aryl methyl sites for hydroxylation is 2. The fraction of sp³-hybridized carbons (Fsp3) is 0.250. The normalized spacial score (nSPS) is 10.3. The molecule has 2 aromatic rings. The summed E-state index contributed by atoms with van der Waals surface area (Å²) in [5.74, 6) is 2.21. The first-order valence-electron chi connectivity index (χ1n) is 6.37. The zero-order valence-corrected chi connectivity index (χ0v) is 11.6. The van der Waals surface area contributed by atoms with Gasteiger partial charge >= 0.3 is 0 Å². The molecule has 0 aliphatic rings. The standard InChI is InChI=1S/C16H19NO2/c1-4-18-16-10-13(5-6-15(16)17)19-14-8-11(2)7-12(3)9-14/h5-10H,4,17H2,1-3H3. The Bertz CT molecular complexity index is 559. The second-order valence-electron chi connectivity index (χ2n) is 4.56. The van der Waals surface area contributed by atoms with Gasteiger partial charge < -0.3 is 15.2 Å². The van der Waals surface area contributed by atoms with E-state index in [0.717, 1.165) is 11.5 Å². The summed E-state index contributed by atoms with van der Waals surface area (Å²) in [5, 5.41) is 0. The third kappa shape index (κ3) is 3.41.